The predicted octanol–water partition coefficient (Wildman–Crippen LogP) is 1.40. The van der Waals surface area contributed by atoms with Crippen molar-refractivity contribution in [3.63, 3.8) is 0 Å². The fourth-order valence-corrected chi connectivity index (χ4v) is 4.95. The van der Waals surface area contributed by atoms with E-state index in [4.69, 9.17) is 9.47 Å². The van der Waals surface area contributed by atoms with Gasteiger partial charge < -0.3 is 14.4 Å². The number of halogens is 1. The van der Waals surface area contributed by atoms with Crippen molar-refractivity contribution in [1.82, 2.24) is 9.21 Å². The van der Waals surface area contributed by atoms with Crippen LogP contribution in [-0.2, 0) is 24.3 Å². The minimum absolute atomic E-state index is 0.0636. The Morgan fingerprint density at radius 3 is 2.62 bits per heavy atom. The summed E-state index contributed by atoms with van der Waals surface area (Å²) in [4.78, 5) is 26.1. The van der Waals surface area contributed by atoms with Gasteiger partial charge in [0.05, 0.1) is 23.7 Å². The number of morpholine rings is 1. The first-order chi connectivity index (χ1) is 13.8. The first-order valence-corrected chi connectivity index (χ1v) is 11.1. The summed E-state index contributed by atoms with van der Waals surface area (Å²) in [5.74, 6) is -2.32. The lowest BCUT2D eigenvalue weighted by Crippen LogP contribution is -2.44. The molecule has 0 N–H and O–H groups in total. The molecular formula is C19H25FN2O6S. The third kappa shape index (κ3) is 4.93. The first-order valence-electron chi connectivity index (χ1n) is 9.65. The number of carbonyl (C=O) groups is 2. The van der Waals surface area contributed by atoms with Gasteiger partial charge in [-0.25, -0.2) is 17.6 Å². The van der Waals surface area contributed by atoms with Crippen molar-refractivity contribution in [2.24, 2.45) is 0 Å². The number of likely N-dealkylation sites (tertiary alicyclic amines) is 1. The van der Waals surface area contributed by atoms with Crippen LogP contribution >= 0.6 is 0 Å². The van der Waals surface area contributed by atoms with Gasteiger partial charge in [-0.15, -0.1) is 0 Å². The highest BCUT2D eigenvalue weighted by molar-refractivity contribution is 7.89. The highest BCUT2D eigenvalue weighted by Gasteiger charge is 2.29. The maximum atomic E-state index is 14.2. The lowest BCUT2D eigenvalue weighted by atomic mass is 10.0. The summed E-state index contributed by atoms with van der Waals surface area (Å²) in [6.45, 7) is 2.92. The molecule has 2 aliphatic heterocycles. The Morgan fingerprint density at radius 1 is 1.21 bits per heavy atom. The molecule has 2 heterocycles. The monoisotopic (exact) mass is 428 g/mol. The van der Waals surface area contributed by atoms with E-state index in [1.165, 1.54) is 4.31 Å². The molecule has 0 bridgehead atoms. The van der Waals surface area contributed by atoms with Gasteiger partial charge in [-0.05, 0) is 44.4 Å². The fourth-order valence-electron chi connectivity index (χ4n) is 3.51. The average molecular weight is 428 g/mol. The molecule has 8 nitrogen and oxygen atoms in total. The van der Waals surface area contributed by atoms with Gasteiger partial charge in [0.15, 0.2) is 6.61 Å². The molecule has 0 spiro atoms. The van der Waals surface area contributed by atoms with Gasteiger partial charge >= 0.3 is 5.97 Å². The molecule has 2 saturated heterocycles. The van der Waals surface area contributed by atoms with Crippen LogP contribution in [0.1, 0.15) is 36.5 Å². The summed E-state index contributed by atoms with van der Waals surface area (Å²) in [7, 11) is -3.89. The van der Waals surface area contributed by atoms with E-state index in [0.29, 0.717) is 6.54 Å². The van der Waals surface area contributed by atoms with Gasteiger partial charge in [-0.3, -0.25) is 4.79 Å². The predicted molar refractivity (Wildman–Crippen MR) is 101 cm³/mol. The number of sulfonamides is 1. The zero-order valence-corrected chi connectivity index (χ0v) is 17.1. The van der Waals surface area contributed by atoms with Gasteiger partial charge in [0, 0.05) is 25.7 Å². The molecule has 0 saturated carbocycles. The Hall–Kier alpha value is -2.04. The molecule has 160 valence electrons. The van der Waals surface area contributed by atoms with E-state index in [2.05, 4.69) is 0 Å². The van der Waals surface area contributed by atoms with Crippen LogP contribution in [0.4, 0.5) is 4.39 Å². The number of hydrogen-bond donors (Lipinski definition) is 0. The van der Waals surface area contributed by atoms with Crippen LogP contribution in [0.3, 0.4) is 0 Å². The van der Waals surface area contributed by atoms with Gasteiger partial charge in [-0.2, -0.15) is 4.31 Å². The second-order valence-electron chi connectivity index (χ2n) is 7.17. The Kier molecular flexibility index (Phi) is 6.86. The fraction of sp³-hybridized carbons (Fsp3) is 0.579. The molecule has 0 radical (unpaired) electrons. The third-order valence-electron chi connectivity index (χ3n) is 5.22. The molecule has 2 aliphatic rings. The van der Waals surface area contributed by atoms with Crippen LogP contribution in [0.5, 0.6) is 0 Å². The minimum atomic E-state index is -3.89. The topological polar surface area (TPSA) is 93.2 Å². The Bertz CT molecular complexity index is 869. The van der Waals surface area contributed by atoms with E-state index in [-0.39, 0.29) is 43.1 Å². The maximum absolute atomic E-state index is 14.2. The Labute approximate surface area is 169 Å². The second-order valence-corrected chi connectivity index (χ2v) is 9.10. The van der Waals surface area contributed by atoms with Gasteiger partial charge in [-0.1, -0.05) is 0 Å². The van der Waals surface area contributed by atoms with Crippen molar-refractivity contribution in [2.75, 3.05) is 39.5 Å². The smallest absolute Gasteiger partial charge is 0.341 e. The van der Waals surface area contributed by atoms with Crippen molar-refractivity contribution < 1.29 is 31.9 Å². The summed E-state index contributed by atoms with van der Waals surface area (Å²) < 4.78 is 51.0. The van der Waals surface area contributed by atoms with Crippen LogP contribution in [-0.4, -0.2) is 75.0 Å². The van der Waals surface area contributed by atoms with Crippen LogP contribution in [0, 0.1) is 5.82 Å². The summed E-state index contributed by atoms with van der Waals surface area (Å²) >= 11 is 0. The maximum Gasteiger partial charge on any atom is 0.341 e. The number of carbonyl (C=O) groups excluding carboxylic acids is 2. The Balaban J connectivity index is 1.70. The molecule has 1 unspecified atom stereocenters. The lowest BCUT2D eigenvalue weighted by Gasteiger charge is -2.33. The molecule has 0 aliphatic carbocycles. The Morgan fingerprint density at radius 2 is 1.93 bits per heavy atom. The van der Waals surface area contributed by atoms with Gasteiger partial charge in [0.1, 0.15) is 5.82 Å². The third-order valence-corrected chi connectivity index (χ3v) is 7.11. The molecule has 1 aromatic rings. The van der Waals surface area contributed by atoms with E-state index >= 15 is 0 Å². The SMILES string of the molecule is CC1CCCCN1C(=O)COC(=O)c1cc(S(=O)(=O)N2CCOCC2)ccc1F. The molecule has 29 heavy (non-hydrogen) atoms. The van der Waals surface area contributed by atoms with E-state index in [0.717, 1.165) is 37.5 Å². The summed E-state index contributed by atoms with van der Waals surface area (Å²) in [6.07, 6.45) is 2.82. The molecule has 1 aromatic carbocycles. The second kappa shape index (κ2) is 9.19. The van der Waals surface area contributed by atoms with Crippen molar-refractivity contribution in [3.8, 4) is 0 Å². The molecule has 2 fully saturated rings. The number of benzene rings is 1. The van der Waals surface area contributed by atoms with E-state index in [1.54, 1.807) is 4.90 Å². The summed E-state index contributed by atoms with van der Waals surface area (Å²) in [6, 6.07) is 3.04. The number of piperidine rings is 1. The van der Waals surface area contributed by atoms with Gasteiger partial charge in [0.25, 0.3) is 5.91 Å². The van der Waals surface area contributed by atoms with Crippen LogP contribution < -0.4 is 0 Å². The van der Waals surface area contributed by atoms with E-state index < -0.39 is 34.0 Å². The zero-order valence-electron chi connectivity index (χ0n) is 16.3. The number of rotatable bonds is 5. The molecule has 0 aromatic heterocycles. The van der Waals surface area contributed by atoms with Crippen molar-refractivity contribution in [3.05, 3.63) is 29.6 Å². The zero-order chi connectivity index (χ0) is 21.0. The lowest BCUT2D eigenvalue weighted by molar-refractivity contribution is -0.137. The number of esters is 1. The number of amides is 1. The number of ether oxygens (including phenoxy) is 2. The molecule has 10 heteroatoms. The molecule has 3 rings (SSSR count). The van der Waals surface area contributed by atoms with Crippen LogP contribution in [0.25, 0.3) is 0 Å². The standard InChI is InChI=1S/C19H25FN2O6S/c1-14-4-2-3-7-22(14)18(23)13-28-19(24)16-12-15(5-6-17(16)20)29(25,26)21-8-10-27-11-9-21/h5-6,12,14H,2-4,7-11,13H2,1H3. The first kappa shape index (κ1) is 21.7. The highest BCUT2D eigenvalue weighted by Crippen LogP contribution is 2.21. The molecule has 1 amide bonds. The van der Waals surface area contributed by atoms with Crippen molar-refractivity contribution in [2.45, 2.75) is 37.1 Å². The average Bonchev–Trinajstić information content (AvgIpc) is 2.73. The quantitative estimate of drug-likeness (QED) is 0.659. The van der Waals surface area contributed by atoms with Crippen molar-refractivity contribution >= 4 is 21.9 Å². The normalized spacial score (nSPS) is 21.0. The van der Waals surface area contributed by atoms with Crippen molar-refractivity contribution in [1.29, 1.82) is 0 Å². The largest absolute Gasteiger partial charge is 0.452 e. The van der Waals surface area contributed by atoms with Crippen LogP contribution in [0.2, 0.25) is 0 Å². The van der Waals surface area contributed by atoms with E-state index in [9.17, 15) is 22.4 Å². The molecule has 1 atom stereocenters. The minimum Gasteiger partial charge on any atom is -0.452 e. The van der Waals surface area contributed by atoms with E-state index in [1.807, 2.05) is 6.92 Å². The summed E-state index contributed by atoms with van der Waals surface area (Å²) in [5, 5.41) is 0. The summed E-state index contributed by atoms with van der Waals surface area (Å²) in [5.41, 5.74) is -0.515. The highest BCUT2D eigenvalue weighted by atomic mass is 32.2. The number of hydrogen-bond acceptors (Lipinski definition) is 6. The number of nitrogens with zero attached hydrogens (tertiary/aromatic N) is 2. The molecular weight excluding hydrogens is 403 g/mol. The van der Waals surface area contributed by atoms with Crippen LogP contribution in [0.15, 0.2) is 23.1 Å². The van der Waals surface area contributed by atoms with Gasteiger partial charge in [0.2, 0.25) is 10.0 Å².